The average molecular weight is 278 g/mol. The monoisotopic (exact) mass is 278 g/mol. The highest BCUT2D eigenvalue weighted by molar-refractivity contribution is 6.08. The number of aryl methyl sites for hydroxylation is 1. The van der Waals surface area contributed by atoms with Crippen molar-refractivity contribution in [1.82, 2.24) is 10.3 Å². The summed E-state index contributed by atoms with van der Waals surface area (Å²) in [4.78, 5) is 15.3. The Bertz CT molecular complexity index is 607. The lowest BCUT2D eigenvalue weighted by molar-refractivity contribution is 0.0952. The zero-order valence-electron chi connectivity index (χ0n) is 11.8. The highest BCUT2D eigenvalue weighted by Gasteiger charge is 2.15. The molecule has 0 spiro atoms. The zero-order valence-corrected chi connectivity index (χ0v) is 11.8. The normalized spacial score (nSPS) is 10.9. The number of carbonyl (C=O) groups is 1. The molecule has 0 unspecified atom stereocenters. The molecule has 5 heteroatoms. The summed E-state index contributed by atoms with van der Waals surface area (Å²) < 4.78 is 18.3. The van der Waals surface area contributed by atoms with Gasteiger partial charge in [0.1, 0.15) is 5.82 Å². The number of halogens is 1. The molecule has 1 aromatic carbocycles. The number of H-pyrrole nitrogens is 1. The molecule has 20 heavy (non-hydrogen) atoms. The molecule has 0 aliphatic heterocycles. The second-order valence-corrected chi connectivity index (χ2v) is 4.77. The summed E-state index contributed by atoms with van der Waals surface area (Å²) in [6, 6.07) is 4.41. The van der Waals surface area contributed by atoms with Gasteiger partial charge in [-0.1, -0.05) is 0 Å². The molecule has 1 heterocycles. The highest BCUT2D eigenvalue weighted by Crippen LogP contribution is 2.22. The Balaban J connectivity index is 2.09. The van der Waals surface area contributed by atoms with Gasteiger partial charge in [0.05, 0.1) is 5.56 Å². The van der Waals surface area contributed by atoms with Crippen molar-refractivity contribution in [2.75, 3.05) is 20.3 Å². The Morgan fingerprint density at radius 2 is 2.20 bits per heavy atom. The van der Waals surface area contributed by atoms with Crippen LogP contribution in [0.25, 0.3) is 10.9 Å². The molecule has 0 saturated heterocycles. The summed E-state index contributed by atoms with van der Waals surface area (Å²) in [7, 11) is 1.66. The molecule has 2 rings (SSSR count). The van der Waals surface area contributed by atoms with Gasteiger partial charge >= 0.3 is 0 Å². The van der Waals surface area contributed by atoms with Gasteiger partial charge in [-0.3, -0.25) is 4.79 Å². The average Bonchev–Trinajstić information content (AvgIpc) is 2.73. The summed E-state index contributed by atoms with van der Waals surface area (Å²) in [6.07, 6.45) is 1.76. The summed E-state index contributed by atoms with van der Waals surface area (Å²) in [5, 5.41) is 3.48. The Morgan fingerprint density at radius 3 is 2.95 bits per heavy atom. The van der Waals surface area contributed by atoms with Crippen molar-refractivity contribution in [3.8, 4) is 0 Å². The van der Waals surface area contributed by atoms with Crippen LogP contribution in [-0.2, 0) is 4.74 Å². The minimum Gasteiger partial charge on any atom is -0.385 e. The number of carbonyl (C=O) groups excluding carboxylic acids is 1. The molecule has 0 radical (unpaired) electrons. The number of amides is 1. The molecule has 0 fully saturated rings. The SMILES string of the molecule is COCCCCNC(=O)c1c(C)[nH]c2ccc(F)cc12. The summed E-state index contributed by atoms with van der Waals surface area (Å²) in [6.45, 7) is 3.09. The largest absolute Gasteiger partial charge is 0.385 e. The molecule has 1 aromatic heterocycles. The van der Waals surface area contributed by atoms with E-state index in [-0.39, 0.29) is 11.7 Å². The molecule has 0 aliphatic carbocycles. The van der Waals surface area contributed by atoms with E-state index in [4.69, 9.17) is 4.74 Å². The number of aromatic nitrogens is 1. The van der Waals surface area contributed by atoms with Gasteiger partial charge in [0.15, 0.2) is 0 Å². The number of rotatable bonds is 6. The molecule has 0 saturated carbocycles. The molecular formula is C15H19FN2O2. The number of fused-ring (bicyclic) bond motifs is 1. The number of ether oxygens (including phenoxy) is 1. The quantitative estimate of drug-likeness (QED) is 0.798. The maximum absolute atomic E-state index is 13.3. The fourth-order valence-corrected chi connectivity index (χ4v) is 2.25. The first-order chi connectivity index (χ1) is 9.63. The Labute approximate surface area is 117 Å². The van der Waals surface area contributed by atoms with E-state index < -0.39 is 0 Å². The second kappa shape index (κ2) is 6.52. The first-order valence-corrected chi connectivity index (χ1v) is 6.68. The lowest BCUT2D eigenvalue weighted by Crippen LogP contribution is -2.25. The van der Waals surface area contributed by atoms with Gasteiger partial charge in [0.2, 0.25) is 0 Å². The van der Waals surface area contributed by atoms with Crippen LogP contribution in [0.2, 0.25) is 0 Å². The number of nitrogens with one attached hydrogen (secondary N) is 2. The van der Waals surface area contributed by atoms with Gasteiger partial charge in [-0.2, -0.15) is 0 Å². The maximum atomic E-state index is 13.3. The van der Waals surface area contributed by atoms with E-state index >= 15 is 0 Å². The van der Waals surface area contributed by atoms with Crippen LogP contribution in [0.5, 0.6) is 0 Å². The number of methoxy groups -OCH3 is 1. The van der Waals surface area contributed by atoms with E-state index in [1.807, 2.05) is 6.92 Å². The van der Waals surface area contributed by atoms with Gasteiger partial charge in [0, 0.05) is 36.9 Å². The van der Waals surface area contributed by atoms with E-state index in [2.05, 4.69) is 10.3 Å². The lowest BCUT2D eigenvalue weighted by Gasteiger charge is -2.05. The van der Waals surface area contributed by atoms with Gasteiger partial charge in [-0.25, -0.2) is 4.39 Å². The number of hydrogen-bond donors (Lipinski definition) is 2. The van der Waals surface area contributed by atoms with Gasteiger partial charge in [-0.15, -0.1) is 0 Å². The van der Waals surface area contributed by atoms with Crippen LogP contribution in [-0.4, -0.2) is 31.2 Å². The maximum Gasteiger partial charge on any atom is 0.253 e. The topological polar surface area (TPSA) is 54.1 Å². The number of aromatic amines is 1. The standard InChI is InChI=1S/C15H19FN2O2/c1-10-14(15(19)17-7-3-4-8-20-2)12-9-11(16)5-6-13(12)18-10/h5-6,9,18H,3-4,7-8H2,1-2H3,(H,17,19). The van der Waals surface area contributed by atoms with Crippen LogP contribution in [0.1, 0.15) is 28.9 Å². The van der Waals surface area contributed by atoms with Crippen molar-refractivity contribution in [3.05, 3.63) is 35.3 Å². The number of hydrogen-bond acceptors (Lipinski definition) is 2. The summed E-state index contributed by atoms with van der Waals surface area (Å²) in [5.74, 6) is -0.512. The predicted molar refractivity (Wildman–Crippen MR) is 76.4 cm³/mol. The highest BCUT2D eigenvalue weighted by atomic mass is 19.1. The van der Waals surface area contributed by atoms with Crippen LogP contribution in [0.3, 0.4) is 0 Å². The van der Waals surface area contributed by atoms with Crippen molar-refractivity contribution in [3.63, 3.8) is 0 Å². The van der Waals surface area contributed by atoms with Crippen LogP contribution >= 0.6 is 0 Å². The summed E-state index contributed by atoms with van der Waals surface area (Å²) in [5.41, 5.74) is 2.04. The first kappa shape index (κ1) is 14.5. The molecule has 2 N–H and O–H groups in total. The molecule has 0 atom stereocenters. The minimum absolute atomic E-state index is 0.170. The summed E-state index contributed by atoms with van der Waals surface area (Å²) >= 11 is 0. The fraction of sp³-hybridized carbons (Fsp3) is 0.400. The van der Waals surface area contributed by atoms with E-state index in [1.165, 1.54) is 12.1 Å². The third kappa shape index (κ3) is 3.17. The third-order valence-corrected chi connectivity index (χ3v) is 3.24. The van der Waals surface area contributed by atoms with Gasteiger partial charge in [0.25, 0.3) is 5.91 Å². The van der Waals surface area contributed by atoms with Crippen molar-refractivity contribution in [2.45, 2.75) is 19.8 Å². The van der Waals surface area contributed by atoms with Crippen molar-refractivity contribution < 1.29 is 13.9 Å². The molecular weight excluding hydrogens is 259 g/mol. The Hall–Kier alpha value is -1.88. The van der Waals surface area contributed by atoms with Crippen LogP contribution in [0.15, 0.2) is 18.2 Å². The molecule has 4 nitrogen and oxygen atoms in total. The van der Waals surface area contributed by atoms with Gasteiger partial charge < -0.3 is 15.0 Å². The first-order valence-electron chi connectivity index (χ1n) is 6.68. The third-order valence-electron chi connectivity index (χ3n) is 3.24. The smallest absolute Gasteiger partial charge is 0.253 e. The molecule has 108 valence electrons. The Kier molecular flexibility index (Phi) is 4.74. The molecule has 2 aromatic rings. The second-order valence-electron chi connectivity index (χ2n) is 4.77. The zero-order chi connectivity index (χ0) is 14.5. The number of benzene rings is 1. The van der Waals surface area contributed by atoms with Gasteiger partial charge in [-0.05, 0) is 38.0 Å². The van der Waals surface area contributed by atoms with E-state index in [0.717, 1.165) is 24.1 Å². The van der Waals surface area contributed by atoms with E-state index in [0.29, 0.717) is 24.1 Å². The van der Waals surface area contributed by atoms with Crippen molar-refractivity contribution in [1.29, 1.82) is 0 Å². The van der Waals surface area contributed by atoms with E-state index in [9.17, 15) is 9.18 Å². The number of unbranched alkanes of at least 4 members (excludes halogenated alkanes) is 1. The van der Waals surface area contributed by atoms with Crippen LogP contribution < -0.4 is 5.32 Å². The molecule has 0 aliphatic rings. The minimum atomic E-state index is -0.342. The fourth-order valence-electron chi connectivity index (χ4n) is 2.25. The Morgan fingerprint density at radius 1 is 1.40 bits per heavy atom. The van der Waals surface area contributed by atoms with Crippen LogP contribution in [0, 0.1) is 12.7 Å². The predicted octanol–water partition coefficient (Wildman–Crippen LogP) is 2.77. The molecule has 0 bridgehead atoms. The van der Waals surface area contributed by atoms with Crippen molar-refractivity contribution >= 4 is 16.8 Å². The van der Waals surface area contributed by atoms with Crippen LogP contribution in [0.4, 0.5) is 4.39 Å². The molecule has 1 amide bonds. The lowest BCUT2D eigenvalue weighted by atomic mass is 10.1. The van der Waals surface area contributed by atoms with E-state index in [1.54, 1.807) is 13.2 Å². The van der Waals surface area contributed by atoms with Crippen molar-refractivity contribution in [2.24, 2.45) is 0 Å².